The molecular formula is C28H32N4O6S. The molecule has 4 rings (SSSR count). The zero-order chi connectivity index (χ0) is 28.1. The van der Waals surface area contributed by atoms with Gasteiger partial charge in [0.2, 0.25) is 0 Å². The van der Waals surface area contributed by atoms with Crippen LogP contribution in [0.2, 0.25) is 0 Å². The zero-order valence-corrected chi connectivity index (χ0v) is 23.5. The number of methoxy groups -OCH3 is 2. The van der Waals surface area contributed by atoms with E-state index in [1.165, 1.54) is 23.7 Å². The number of likely N-dealkylation sites (N-methyl/N-ethyl adjacent to an activating group) is 1. The Hall–Kier alpha value is -3.96. The summed E-state index contributed by atoms with van der Waals surface area (Å²) in [5.41, 5.74) is 4.44. The Labute approximate surface area is 231 Å². The van der Waals surface area contributed by atoms with E-state index in [0.29, 0.717) is 34.9 Å². The van der Waals surface area contributed by atoms with Crippen molar-refractivity contribution in [3.05, 3.63) is 86.2 Å². The van der Waals surface area contributed by atoms with Gasteiger partial charge in [0.1, 0.15) is 5.00 Å². The van der Waals surface area contributed by atoms with E-state index >= 15 is 0 Å². The molecule has 11 heteroatoms. The molecule has 0 radical (unpaired) electrons. The highest BCUT2D eigenvalue weighted by atomic mass is 32.1. The molecule has 0 spiro atoms. The molecule has 3 aromatic rings. The maximum atomic E-state index is 13.1. The monoisotopic (exact) mass is 552 g/mol. The molecule has 1 unspecified atom stereocenters. The topological polar surface area (TPSA) is 116 Å². The highest BCUT2D eigenvalue weighted by Crippen LogP contribution is 2.46. The summed E-state index contributed by atoms with van der Waals surface area (Å²) in [5, 5.41) is 15.7. The number of benzene rings is 2. The number of non-ortho nitro benzene ring substituents is 1. The molecule has 0 amide bonds. The Morgan fingerprint density at radius 3 is 2.64 bits per heavy atom. The van der Waals surface area contributed by atoms with Gasteiger partial charge < -0.3 is 24.4 Å². The number of nitrogens with zero attached hydrogens (tertiary/aromatic N) is 3. The summed E-state index contributed by atoms with van der Waals surface area (Å²) in [6, 6.07) is 12.3. The summed E-state index contributed by atoms with van der Waals surface area (Å²) in [4.78, 5) is 26.4. The fourth-order valence-electron chi connectivity index (χ4n) is 4.75. The highest BCUT2D eigenvalue weighted by molar-refractivity contribution is 7.10. The van der Waals surface area contributed by atoms with E-state index in [-0.39, 0.29) is 12.3 Å². The third-order valence-electron chi connectivity index (χ3n) is 6.64. The lowest BCUT2D eigenvalue weighted by Gasteiger charge is -2.29. The van der Waals surface area contributed by atoms with Crippen molar-refractivity contribution in [3.8, 4) is 11.5 Å². The maximum absolute atomic E-state index is 13.1. The van der Waals surface area contributed by atoms with Crippen LogP contribution in [0, 0.1) is 10.1 Å². The third-order valence-corrected chi connectivity index (χ3v) is 7.46. The van der Waals surface area contributed by atoms with Gasteiger partial charge in [-0.3, -0.25) is 10.1 Å². The smallest absolute Gasteiger partial charge is 0.336 e. The standard InChI is InChI=1S/C28H32N4O6S/c1-6-38-28(33)24-17(2)29-27-26(25(24)19-8-7-9-20(15-19)32(34)35)21(30-39-27)16-31(3)13-12-18-10-11-22(36-4)23(14-18)37-5/h7-11,14-15,25,29H,6,12-13,16H2,1-5H3. The number of nitro groups is 1. The summed E-state index contributed by atoms with van der Waals surface area (Å²) in [5.74, 6) is 0.367. The van der Waals surface area contributed by atoms with E-state index in [1.54, 1.807) is 27.2 Å². The first-order valence-electron chi connectivity index (χ1n) is 12.5. The largest absolute Gasteiger partial charge is 0.493 e. The van der Waals surface area contributed by atoms with Gasteiger partial charge in [0.15, 0.2) is 11.5 Å². The van der Waals surface area contributed by atoms with E-state index in [4.69, 9.17) is 18.6 Å². The minimum absolute atomic E-state index is 0.0368. The summed E-state index contributed by atoms with van der Waals surface area (Å²) < 4.78 is 20.9. The van der Waals surface area contributed by atoms with Crippen LogP contribution in [0.4, 0.5) is 10.7 Å². The van der Waals surface area contributed by atoms with Gasteiger partial charge in [-0.25, -0.2) is 4.79 Å². The normalized spacial score (nSPS) is 14.6. The number of esters is 1. The van der Waals surface area contributed by atoms with Gasteiger partial charge in [-0.2, -0.15) is 4.37 Å². The molecule has 0 fully saturated rings. The first-order valence-corrected chi connectivity index (χ1v) is 13.3. The number of carbonyl (C=O) groups excluding carboxylic acids is 1. The van der Waals surface area contributed by atoms with Gasteiger partial charge >= 0.3 is 5.97 Å². The second-order valence-corrected chi connectivity index (χ2v) is 9.99. The average Bonchev–Trinajstić information content (AvgIpc) is 3.32. The van der Waals surface area contributed by atoms with Crippen LogP contribution < -0.4 is 14.8 Å². The molecule has 39 heavy (non-hydrogen) atoms. The molecule has 0 saturated carbocycles. The number of carbonyl (C=O) groups is 1. The molecule has 2 heterocycles. The van der Waals surface area contributed by atoms with Crippen molar-refractivity contribution >= 4 is 28.2 Å². The Balaban J connectivity index is 1.64. The van der Waals surface area contributed by atoms with E-state index < -0.39 is 16.8 Å². The van der Waals surface area contributed by atoms with E-state index in [1.807, 2.05) is 38.2 Å². The molecule has 206 valence electrons. The van der Waals surface area contributed by atoms with Crippen LogP contribution in [0.5, 0.6) is 11.5 Å². The number of ether oxygens (including phenoxy) is 3. The molecule has 1 N–H and O–H groups in total. The zero-order valence-electron chi connectivity index (χ0n) is 22.6. The fourth-order valence-corrected chi connectivity index (χ4v) is 5.64. The van der Waals surface area contributed by atoms with Crippen molar-refractivity contribution in [1.82, 2.24) is 9.27 Å². The predicted octanol–water partition coefficient (Wildman–Crippen LogP) is 5.14. The number of aromatic nitrogens is 1. The Morgan fingerprint density at radius 1 is 1.18 bits per heavy atom. The van der Waals surface area contributed by atoms with Crippen molar-refractivity contribution in [2.24, 2.45) is 0 Å². The van der Waals surface area contributed by atoms with Crippen molar-refractivity contribution in [2.75, 3.05) is 39.7 Å². The Bertz CT molecular complexity index is 1400. The molecule has 0 bridgehead atoms. The number of fused-ring (bicyclic) bond motifs is 1. The second kappa shape index (κ2) is 12.3. The van der Waals surface area contributed by atoms with Crippen LogP contribution in [-0.2, 0) is 22.5 Å². The van der Waals surface area contributed by atoms with Crippen LogP contribution in [0.15, 0.2) is 53.7 Å². The quantitative estimate of drug-likeness (QED) is 0.196. The van der Waals surface area contributed by atoms with Crippen LogP contribution >= 0.6 is 11.5 Å². The predicted molar refractivity (Wildman–Crippen MR) is 150 cm³/mol. The third kappa shape index (κ3) is 6.04. The Kier molecular flexibility index (Phi) is 8.82. The first-order chi connectivity index (χ1) is 18.8. The van der Waals surface area contributed by atoms with Gasteiger partial charge in [0.05, 0.1) is 37.0 Å². The van der Waals surface area contributed by atoms with Crippen LogP contribution in [0.3, 0.4) is 0 Å². The van der Waals surface area contributed by atoms with Gasteiger partial charge in [-0.05, 0) is 62.1 Å². The summed E-state index contributed by atoms with van der Waals surface area (Å²) in [7, 11) is 5.24. The molecule has 0 aliphatic carbocycles. The van der Waals surface area contributed by atoms with Crippen molar-refractivity contribution in [3.63, 3.8) is 0 Å². The summed E-state index contributed by atoms with van der Waals surface area (Å²) in [6.45, 7) is 5.06. The minimum atomic E-state index is -0.548. The van der Waals surface area contributed by atoms with Crippen LogP contribution in [0.25, 0.3) is 0 Å². The number of allylic oxidation sites excluding steroid dienone is 1. The number of hydrogen-bond donors (Lipinski definition) is 1. The lowest BCUT2D eigenvalue weighted by molar-refractivity contribution is -0.384. The number of nitro benzene ring substituents is 1. The molecule has 1 aliphatic heterocycles. The molecular weight excluding hydrogens is 520 g/mol. The highest BCUT2D eigenvalue weighted by Gasteiger charge is 2.37. The second-order valence-electron chi connectivity index (χ2n) is 9.22. The molecule has 2 aromatic carbocycles. The van der Waals surface area contributed by atoms with E-state index in [0.717, 1.165) is 34.8 Å². The van der Waals surface area contributed by atoms with Gasteiger partial charge in [0.25, 0.3) is 5.69 Å². The molecule has 0 saturated heterocycles. The number of hydrogen-bond acceptors (Lipinski definition) is 10. The summed E-state index contributed by atoms with van der Waals surface area (Å²) in [6.07, 6.45) is 0.781. The first kappa shape index (κ1) is 28.1. The average molecular weight is 553 g/mol. The molecule has 10 nitrogen and oxygen atoms in total. The van der Waals surface area contributed by atoms with Crippen molar-refractivity contribution < 1.29 is 23.9 Å². The van der Waals surface area contributed by atoms with E-state index in [2.05, 4.69) is 10.2 Å². The molecule has 1 atom stereocenters. The number of nitrogens with one attached hydrogen (secondary N) is 1. The van der Waals surface area contributed by atoms with Gasteiger partial charge in [-0.15, -0.1) is 0 Å². The number of anilines is 1. The van der Waals surface area contributed by atoms with Crippen molar-refractivity contribution in [2.45, 2.75) is 32.7 Å². The van der Waals surface area contributed by atoms with E-state index in [9.17, 15) is 14.9 Å². The Morgan fingerprint density at radius 2 is 1.95 bits per heavy atom. The SMILES string of the molecule is CCOC(=O)C1=C(C)Nc2snc(CN(C)CCc3ccc(OC)c(OC)c3)c2C1c1cccc([N+](=O)[O-])c1. The maximum Gasteiger partial charge on any atom is 0.336 e. The lowest BCUT2D eigenvalue weighted by Crippen LogP contribution is -2.26. The minimum Gasteiger partial charge on any atom is -0.493 e. The lowest BCUT2D eigenvalue weighted by atomic mass is 9.81. The van der Waals surface area contributed by atoms with Crippen LogP contribution in [-0.4, -0.2) is 54.6 Å². The summed E-state index contributed by atoms with van der Waals surface area (Å²) >= 11 is 1.32. The van der Waals surface area contributed by atoms with Crippen molar-refractivity contribution in [1.29, 1.82) is 0 Å². The van der Waals surface area contributed by atoms with Gasteiger partial charge in [0, 0.05) is 42.4 Å². The molecule has 1 aliphatic rings. The van der Waals surface area contributed by atoms with Gasteiger partial charge in [-0.1, -0.05) is 18.2 Å². The number of rotatable bonds is 11. The molecule has 1 aromatic heterocycles. The fraction of sp³-hybridized carbons (Fsp3) is 0.357. The van der Waals surface area contributed by atoms with Crippen LogP contribution in [0.1, 0.15) is 42.1 Å².